The molecule has 2 aromatic rings. The summed E-state index contributed by atoms with van der Waals surface area (Å²) >= 11 is 0. The maximum absolute atomic E-state index is 13.4. The van der Waals surface area contributed by atoms with E-state index in [0.717, 1.165) is 4.31 Å². The number of aromatic nitrogens is 3. The Kier molecular flexibility index (Phi) is 8.89. The standard InChI is InChI=1S/C19H28FN5O5S/c1-14(2)18(19(26)22-27)25(12-11-24-13-15(21-23-24)5-4-10-20)31(28,29)17-8-6-16(30-3)7-9-17/h6-9,13-14,18,27H,4-5,10-12H2,1-3H3,(H,22,26)/t18-/m1/s1/i20-1. The summed E-state index contributed by atoms with van der Waals surface area (Å²) in [6.07, 6.45) is 2.36. The van der Waals surface area contributed by atoms with Crippen molar-refractivity contribution in [3.8, 4) is 5.75 Å². The Morgan fingerprint density at radius 3 is 2.55 bits per heavy atom. The lowest BCUT2D eigenvalue weighted by Crippen LogP contribution is -2.52. The van der Waals surface area contributed by atoms with Gasteiger partial charge in [0, 0.05) is 12.7 Å². The molecule has 31 heavy (non-hydrogen) atoms. The first-order chi connectivity index (χ1) is 14.7. The van der Waals surface area contributed by atoms with Crippen LogP contribution in [0.25, 0.3) is 0 Å². The summed E-state index contributed by atoms with van der Waals surface area (Å²) < 4.78 is 46.7. The summed E-state index contributed by atoms with van der Waals surface area (Å²) in [7, 11) is -2.64. The molecule has 1 heterocycles. The van der Waals surface area contributed by atoms with Gasteiger partial charge in [-0.05, 0) is 43.0 Å². The molecule has 0 spiro atoms. The first kappa shape index (κ1) is 24.7. The summed E-state index contributed by atoms with van der Waals surface area (Å²) in [5.41, 5.74) is 2.15. The van der Waals surface area contributed by atoms with E-state index in [1.807, 2.05) is 0 Å². The fraction of sp³-hybridized carbons (Fsp3) is 0.526. The van der Waals surface area contributed by atoms with Crippen LogP contribution >= 0.6 is 0 Å². The summed E-state index contributed by atoms with van der Waals surface area (Å²) in [5, 5.41) is 17.1. The van der Waals surface area contributed by atoms with Gasteiger partial charge in [-0.15, -0.1) is 5.10 Å². The van der Waals surface area contributed by atoms with Gasteiger partial charge in [0.2, 0.25) is 10.0 Å². The molecule has 172 valence electrons. The van der Waals surface area contributed by atoms with Gasteiger partial charge in [0.1, 0.15) is 11.8 Å². The number of benzene rings is 1. The summed E-state index contributed by atoms with van der Waals surface area (Å²) in [6, 6.07) is 4.64. The second kappa shape index (κ2) is 11.2. The molecule has 0 bridgehead atoms. The van der Waals surface area contributed by atoms with Crippen molar-refractivity contribution in [1.82, 2.24) is 24.8 Å². The van der Waals surface area contributed by atoms with Crippen LogP contribution in [0.2, 0.25) is 0 Å². The van der Waals surface area contributed by atoms with Crippen molar-refractivity contribution in [2.45, 2.75) is 44.2 Å². The number of ether oxygens (including phenoxy) is 1. The number of halogens is 1. The number of amides is 1. The molecule has 1 aromatic carbocycles. The number of nitrogens with zero attached hydrogens (tertiary/aromatic N) is 4. The average molecular weight is 457 g/mol. The van der Waals surface area contributed by atoms with Gasteiger partial charge in [-0.25, -0.2) is 13.9 Å². The minimum absolute atomic E-state index is 0.0214. The topological polar surface area (TPSA) is 127 Å². The van der Waals surface area contributed by atoms with Gasteiger partial charge in [0.25, 0.3) is 5.91 Å². The zero-order chi connectivity index (χ0) is 23.0. The number of nitrogens with one attached hydrogen (secondary N) is 1. The third kappa shape index (κ3) is 6.21. The molecular formula is C19H28FN5O5S. The van der Waals surface area contributed by atoms with E-state index < -0.39 is 34.6 Å². The Bertz CT molecular complexity index is 949. The van der Waals surface area contributed by atoms with Crippen LogP contribution in [0.4, 0.5) is 4.39 Å². The molecule has 0 aliphatic rings. The van der Waals surface area contributed by atoms with Crippen LogP contribution in [-0.4, -0.2) is 65.2 Å². The number of hydrogen-bond donors (Lipinski definition) is 2. The Labute approximate surface area is 181 Å². The predicted molar refractivity (Wildman–Crippen MR) is 110 cm³/mol. The Balaban J connectivity index is 2.35. The molecule has 1 aromatic heterocycles. The second-order valence-electron chi connectivity index (χ2n) is 7.22. The Hall–Kier alpha value is -2.57. The number of alkyl halides is 1. The van der Waals surface area contributed by atoms with Crippen molar-refractivity contribution in [2.24, 2.45) is 5.92 Å². The van der Waals surface area contributed by atoms with Crippen LogP contribution in [0.3, 0.4) is 0 Å². The van der Waals surface area contributed by atoms with Gasteiger partial charge in [0.05, 0.1) is 30.9 Å². The monoisotopic (exact) mass is 456 g/mol. The molecule has 1 amide bonds. The highest BCUT2D eigenvalue weighted by Gasteiger charge is 2.37. The van der Waals surface area contributed by atoms with Crippen LogP contribution in [0, 0.1) is 5.92 Å². The number of aryl methyl sites for hydroxylation is 1. The smallest absolute Gasteiger partial charge is 0.262 e. The van der Waals surface area contributed by atoms with Crippen molar-refractivity contribution >= 4 is 15.9 Å². The summed E-state index contributed by atoms with van der Waals surface area (Å²) in [4.78, 5) is 12.3. The molecule has 2 N–H and O–H groups in total. The highest BCUT2D eigenvalue weighted by molar-refractivity contribution is 7.89. The number of sulfonamides is 1. The lowest BCUT2D eigenvalue weighted by atomic mass is 10.0. The maximum Gasteiger partial charge on any atom is 0.262 e. The molecule has 2 rings (SSSR count). The van der Waals surface area contributed by atoms with Gasteiger partial charge in [-0.1, -0.05) is 19.1 Å². The van der Waals surface area contributed by atoms with E-state index >= 15 is 0 Å². The van der Waals surface area contributed by atoms with E-state index in [-0.39, 0.29) is 18.0 Å². The quantitative estimate of drug-likeness (QED) is 0.365. The van der Waals surface area contributed by atoms with Crippen molar-refractivity contribution in [3.05, 3.63) is 36.2 Å². The number of carbonyl (C=O) groups is 1. The fourth-order valence-electron chi connectivity index (χ4n) is 3.14. The number of rotatable bonds is 12. The van der Waals surface area contributed by atoms with E-state index in [2.05, 4.69) is 10.3 Å². The molecule has 0 unspecified atom stereocenters. The Morgan fingerprint density at radius 1 is 1.32 bits per heavy atom. The molecule has 0 saturated heterocycles. The molecule has 0 aliphatic carbocycles. The third-order valence-corrected chi connectivity index (χ3v) is 6.58. The molecule has 0 saturated carbocycles. The lowest BCUT2D eigenvalue weighted by Gasteiger charge is -2.31. The summed E-state index contributed by atoms with van der Waals surface area (Å²) in [5.74, 6) is -0.784. The van der Waals surface area contributed by atoms with Crippen molar-refractivity contribution in [2.75, 3.05) is 20.3 Å². The molecule has 1 atom stereocenters. The molecule has 12 heteroatoms. The van der Waals surface area contributed by atoms with Gasteiger partial charge in [-0.3, -0.25) is 19.1 Å². The normalized spacial score (nSPS) is 12.9. The lowest BCUT2D eigenvalue weighted by molar-refractivity contribution is -0.134. The van der Waals surface area contributed by atoms with E-state index in [0.29, 0.717) is 24.3 Å². The fourth-order valence-corrected chi connectivity index (χ4v) is 4.85. The van der Waals surface area contributed by atoms with Gasteiger partial charge >= 0.3 is 0 Å². The van der Waals surface area contributed by atoms with Gasteiger partial charge < -0.3 is 4.74 Å². The zero-order valence-corrected chi connectivity index (χ0v) is 18.5. The summed E-state index contributed by atoms with van der Waals surface area (Å²) in [6.45, 7) is 2.91. The molecule has 0 fully saturated rings. The highest BCUT2D eigenvalue weighted by atomic mass is 32.2. The number of methoxy groups -OCH3 is 1. The SMILES string of the molecule is COc1ccc(S(=O)(=O)N(CCn2cc(CCC[18F])nn2)[C@@H](C(=O)NO)C(C)C)cc1. The first-order valence-electron chi connectivity index (χ1n) is 9.79. The predicted octanol–water partition coefficient (Wildman–Crippen LogP) is 1.41. The van der Waals surface area contributed by atoms with Crippen LogP contribution < -0.4 is 10.2 Å². The minimum atomic E-state index is -4.11. The number of hydroxylamine groups is 1. The molecular weight excluding hydrogens is 428 g/mol. The van der Waals surface area contributed by atoms with Crippen molar-refractivity contribution in [1.29, 1.82) is 0 Å². The van der Waals surface area contributed by atoms with E-state index in [1.165, 1.54) is 36.1 Å². The highest BCUT2D eigenvalue weighted by Crippen LogP contribution is 2.24. The maximum atomic E-state index is 13.4. The van der Waals surface area contributed by atoms with Gasteiger partial charge in [0.15, 0.2) is 0 Å². The van der Waals surface area contributed by atoms with Crippen LogP contribution in [-0.2, 0) is 27.8 Å². The first-order valence-corrected chi connectivity index (χ1v) is 11.2. The van der Waals surface area contributed by atoms with Crippen molar-refractivity contribution < 1.29 is 27.5 Å². The van der Waals surface area contributed by atoms with Gasteiger partial charge in [-0.2, -0.15) is 4.31 Å². The van der Waals surface area contributed by atoms with Crippen LogP contribution in [0.15, 0.2) is 35.4 Å². The largest absolute Gasteiger partial charge is 0.497 e. The van der Waals surface area contributed by atoms with E-state index in [4.69, 9.17) is 4.74 Å². The molecule has 0 radical (unpaired) electrons. The van der Waals surface area contributed by atoms with Crippen LogP contribution in [0.5, 0.6) is 5.75 Å². The molecule has 0 aliphatic heterocycles. The number of carbonyl (C=O) groups excluding carboxylic acids is 1. The third-order valence-electron chi connectivity index (χ3n) is 4.69. The molecule has 10 nitrogen and oxygen atoms in total. The second-order valence-corrected chi connectivity index (χ2v) is 9.11. The van der Waals surface area contributed by atoms with E-state index in [9.17, 15) is 22.8 Å². The average Bonchev–Trinajstić information content (AvgIpc) is 3.21. The van der Waals surface area contributed by atoms with E-state index in [1.54, 1.807) is 25.5 Å². The minimum Gasteiger partial charge on any atom is -0.497 e. The number of hydrogen-bond acceptors (Lipinski definition) is 7. The van der Waals surface area contributed by atoms with Crippen LogP contribution in [0.1, 0.15) is 26.0 Å². The van der Waals surface area contributed by atoms with Crippen molar-refractivity contribution in [3.63, 3.8) is 0 Å². The zero-order valence-electron chi connectivity index (χ0n) is 17.7. The Morgan fingerprint density at radius 2 is 2.00 bits per heavy atom.